The van der Waals surface area contributed by atoms with Gasteiger partial charge < -0.3 is 10.2 Å². The molecule has 1 aliphatic heterocycles. The molecule has 12 heavy (non-hydrogen) atoms. The summed E-state index contributed by atoms with van der Waals surface area (Å²) in [5.74, 6) is 0.0292. The number of rotatable bonds is 2. The normalized spacial score (nSPS) is 22.3. The summed E-state index contributed by atoms with van der Waals surface area (Å²) in [6.07, 6.45) is 1.78. The summed E-state index contributed by atoms with van der Waals surface area (Å²) < 4.78 is 0. The molecule has 0 spiro atoms. The average Bonchev–Trinajstić information content (AvgIpc) is 2.51. The van der Waals surface area contributed by atoms with E-state index < -0.39 is 0 Å². The van der Waals surface area contributed by atoms with Gasteiger partial charge in [-0.15, -0.1) is 0 Å². The number of likely N-dealkylation sites (N-methyl/N-ethyl adjacent to an activating group) is 1. The smallest absolute Gasteiger partial charge is 0.237 e. The van der Waals surface area contributed by atoms with Gasteiger partial charge in [0, 0.05) is 6.54 Å². The largest absolute Gasteiger partial charge is 0.326 e. The Morgan fingerprint density at radius 3 is 3.17 bits per heavy atom. The van der Waals surface area contributed by atoms with Crippen molar-refractivity contribution in [3.63, 3.8) is 0 Å². The first kappa shape index (κ1) is 9.01. The Morgan fingerprint density at radius 2 is 2.58 bits per heavy atom. The zero-order valence-electron chi connectivity index (χ0n) is 7.21. The number of likely N-dealkylation sites (tertiary alicyclic amines) is 1. The molecular formula is C8H13N3O. The number of carbonyl (C=O) groups is 1. The van der Waals surface area contributed by atoms with Crippen LogP contribution in [-0.2, 0) is 4.79 Å². The predicted octanol–water partition coefficient (Wildman–Crippen LogP) is -0.280. The summed E-state index contributed by atoms with van der Waals surface area (Å²) in [5, 5.41) is 11.5. The van der Waals surface area contributed by atoms with E-state index in [9.17, 15) is 4.79 Å². The van der Waals surface area contributed by atoms with E-state index in [4.69, 9.17) is 5.26 Å². The van der Waals surface area contributed by atoms with Gasteiger partial charge in [0.2, 0.25) is 5.91 Å². The number of hydrogen-bond acceptors (Lipinski definition) is 3. The van der Waals surface area contributed by atoms with Gasteiger partial charge >= 0.3 is 0 Å². The fourth-order valence-electron chi connectivity index (χ4n) is 1.45. The highest BCUT2D eigenvalue weighted by Crippen LogP contribution is 2.15. The van der Waals surface area contributed by atoms with Crippen LogP contribution in [0.3, 0.4) is 0 Å². The van der Waals surface area contributed by atoms with Crippen molar-refractivity contribution in [2.75, 3.05) is 20.1 Å². The Balaban J connectivity index is 2.51. The van der Waals surface area contributed by atoms with E-state index in [-0.39, 0.29) is 11.9 Å². The van der Waals surface area contributed by atoms with Gasteiger partial charge in [0.1, 0.15) is 6.04 Å². The second-order valence-electron chi connectivity index (χ2n) is 2.90. The molecule has 1 atom stereocenters. The van der Waals surface area contributed by atoms with Crippen molar-refractivity contribution in [2.45, 2.75) is 18.9 Å². The van der Waals surface area contributed by atoms with Crippen LogP contribution >= 0.6 is 0 Å². The van der Waals surface area contributed by atoms with E-state index >= 15 is 0 Å². The lowest BCUT2D eigenvalue weighted by Gasteiger charge is -2.18. The number of carbonyl (C=O) groups excluding carboxylic acids is 1. The SMILES string of the molecule is CNCC(=O)N1CCC[C@H]1C#N. The van der Waals surface area contributed by atoms with E-state index in [2.05, 4.69) is 11.4 Å². The Kier molecular flexibility index (Phi) is 3.06. The number of hydrogen-bond donors (Lipinski definition) is 1. The van der Waals surface area contributed by atoms with Gasteiger partial charge in [-0.25, -0.2) is 0 Å². The first-order chi connectivity index (χ1) is 5.79. The molecule has 1 fully saturated rings. The van der Waals surface area contributed by atoms with Crippen LogP contribution in [0, 0.1) is 11.3 Å². The highest BCUT2D eigenvalue weighted by Gasteiger charge is 2.27. The van der Waals surface area contributed by atoms with Crippen LogP contribution in [-0.4, -0.2) is 37.0 Å². The molecular weight excluding hydrogens is 154 g/mol. The maximum absolute atomic E-state index is 11.3. The first-order valence-corrected chi connectivity index (χ1v) is 4.13. The molecule has 0 radical (unpaired) electrons. The Morgan fingerprint density at radius 1 is 1.83 bits per heavy atom. The van der Waals surface area contributed by atoms with Crippen LogP contribution < -0.4 is 5.32 Å². The molecule has 4 nitrogen and oxygen atoms in total. The van der Waals surface area contributed by atoms with Crippen LogP contribution in [0.4, 0.5) is 0 Å². The molecule has 1 aliphatic rings. The number of amides is 1. The van der Waals surface area contributed by atoms with Gasteiger partial charge in [0.25, 0.3) is 0 Å². The average molecular weight is 167 g/mol. The number of nitriles is 1. The molecule has 0 unspecified atom stereocenters. The third-order valence-corrected chi connectivity index (χ3v) is 2.05. The van der Waals surface area contributed by atoms with Gasteiger partial charge in [-0.3, -0.25) is 4.79 Å². The molecule has 0 saturated carbocycles. The highest BCUT2D eigenvalue weighted by molar-refractivity contribution is 5.79. The van der Waals surface area contributed by atoms with Crippen LogP contribution in [0.1, 0.15) is 12.8 Å². The molecule has 66 valence electrons. The van der Waals surface area contributed by atoms with E-state index in [1.165, 1.54) is 0 Å². The maximum atomic E-state index is 11.3. The number of nitrogens with one attached hydrogen (secondary N) is 1. The topological polar surface area (TPSA) is 56.1 Å². The van der Waals surface area contributed by atoms with Crippen molar-refractivity contribution in [2.24, 2.45) is 0 Å². The maximum Gasteiger partial charge on any atom is 0.237 e. The van der Waals surface area contributed by atoms with Crippen molar-refractivity contribution in [1.82, 2.24) is 10.2 Å². The number of nitrogens with zero attached hydrogens (tertiary/aromatic N) is 2. The second-order valence-corrected chi connectivity index (χ2v) is 2.90. The quantitative estimate of drug-likeness (QED) is 0.615. The highest BCUT2D eigenvalue weighted by atomic mass is 16.2. The summed E-state index contributed by atoms with van der Waals surface area (Å²) in [6, 6.07) is 1.94. The fraction of sp³-hybridized carbons (Fsp3) is 0.750. The predicted molar refractivity (Wildman–Crippen MR) is 44.3 cm³/mol. The Labute approximate surface area is 72.2 Å². The summed E-state index contributed by atoms with van der Waals surface area (Å²) in [7, 11) is 1.73. The van der Waals surface area contributed by atoms with Crippen LogP contribution in [0.25, 0.3) is 0 Å². The van der Waals surface area contributed by atoms with Gasteiger partial charge in [0.15, 0.2) is 0 Å². The zero-order chi connectivity index (χ0) is 8.97. The van der Waals surface area contributed by atoms with E-state index in [1.807, 2.05) is 0 Å². The van der Waals surface area contributed by atoms with Crippen molar-refractivity contribution in [3.05, 3.63) is 0 Å². The zero-order valence-corrected chi connectivity index (χ0v) is 7.21. The fourth-order valence-corrected chi connectivity index (χ4v) is 1.45. The van der Waals surface area contributed by atoms with Crippen molar-refractivity contribution < 1.29 is 4.79 Å². The van der Waals surface area contributed by atoms with E-state index in [0.717, 1.165) is 19.4 Å². The molecule has 0 aromatic rings. The van der Waals surface area contributed by atoms with Crippen LogP contribution in [0.5, 0.6) is 0 Å². The summed E-state index contributed by atoms with van der Waals surface area (Å²) in [6.45, 7) is 1.07. The first-order valence-electron chi connectivity index (χ1n) is 4.13. The Hall–Kier alpha value is -1.08. The lowest BCUT2D eigenvalue weighted by atomic mass is 10.2. The minimum absolute atomic E-state index is 0.0292. The molecule has 1 heterocycles. The van der Waals surface area contributed by atoms with Crippen molar-refractivity contribution >= 4 is 5.91 Å². The molecule has 0 aromatic heterocycles. The van der Waals surface area contributed by atoms with Crippen LogP contribution in [0.15, 0.2) is 0 Å². The third kappa shape index (κ3) is 1.74. The van der Waals surface area contributed by atoms with Gasteiger partial charge in [0.05, 0.1) is 12.6 Å². The van der Waals surface area contributed by atoms with Crippen molar-refractivity contribution in [1.29, 1.82) is 5.26 Å². The van der Waals surface area contributed by atoms with Crippen molar-refractivity contribution in [3.8, 4) is 6.07 Å². The second kappa shape index (κ2) is 4.07. The van der Waals surface area contributed by atoms with Crippen LogP contribution in [0.2, 0.25) is 0 Å². The van der Waals surface area contributed by atoms with E-state index in [0.29, 0.717) is 6.54 Å². The third-order valence-electron chi connectivity index (χ3n) is 2.05. The molecule has 0 aliphatic carbocycles. The molecule has 0 bridgehead atoms. The molecule has 1 saturated heterocycles. The minimum Gasteiger partial charge on any atom is -0.326 e. The molecule has 0 aromatic carbocycles. The van der Waals surface area contributed by atoms with E-state index in [1.54, 1.807) is 11.9 Å². The lowest BCUT2D eigenvalue weighted by molar-refractivity contribution is -0.130. The van der Waals surface area contributed by atoms with Gasteiger partial charge in [-0.2, -0.15) is 5.26 Å². The molecule has 1 amide bonds. The monoisotopic (exact) mass is 167 g/mol. The minimum atomic E-state index is -0.189. The molecule has 4 heteroatoms. The standard InChI is InChI=1S/C8H13N3O/c1-10-6-8(12)11-4-2-3-7(11)5-9/h7,10H,2-4,6H2,1H3/t7-/m0/s1. The molecule has 1 N–H and O–H groups in total. The summed E-state index contributed by atoms with van der Waals surface area (Å²) in [4.78, 5) is 13.0. The summed E-state index contributed by atoms with van der Waals surface area (Å²) >= 11 is 0. The Bertz CT molecular complexity index is 209. The van der Waals surface area contributed by atoms with Gasteiger partial charge in [-0.1, -0.05) is 0 Å². The lowest BCUT2D eigenvalue weighted by Crippen LogP contribution is -2.39. The molecule has 1 rings (SSSR count). The summed E-state index contributed by atoms with van der Waals surface area (Å²) in [5.41, 5.74) is 0. The van der Waals surface area contributed by atoms with Gasteiger partial charge in [-0.05, 0) is 19.9 Å².